The number of halogens is 2. The number of ether oxygens (including phenoxy) is 1. The summed E-state index contributed by atoms with van der Waals surface area (Å²) in [7, 11) is 1.22. The zero-order chi connectivity index (χ0) is 13.7. The third-order valence-corrected chi connectivity index (χ3v) is 2.79. The lowest BCUT2D eigenvalue weighted by molar-refractivity contribution is -0.139. The number of carbonyl (C=O) groups excluding carboxylic acids is 2. The number of aromatic hydroxyl groups is 1. The number of carbonyl (C=O) groups is 2. The van der Waals surface area contributed by atoms with Gasteiger partial charge in [0.25, 0.3) is 5.91 Å². The first-order chi connectivity index (χ1) is 8.45. The minimum atomic E-state index is -0.836. The highest BCUT2D eigenvalue weighted by atomic mass is 79.9. The summed E-state index contributed by atoms with van der Waals surface area (Å²) in [5, 5.41) is 11.4. The Balaban J connectivity index is 2.63. The van der Waals surface area contributed by atoms with E-state index in [1.54, 1.807) is 0 Å². The summed E-state index contributed by atoms with van der Waals surface area (Å²) in [5.41, 5.74) is -0.211. The Morgan fingerprint density at radius 1 is 1.56 bits per heavy atom. The average Bonchev–Trinajstić information content (AvgIpc) is 2.34. The standard InChI is InChI=1S/C11H11BrFNO4/c1-18-11(17)8(12)5-14-10(16)7-3-2-6(15)4-9(7)13/h2-4,8,15H,5H2,1H3,(H,14,16). The normalized spacial score (nSPS) is 11.7. The highest BCUT2D eigenvalue weighted by molar-refractivity contribution is 9.10. The molecule has 1 amide bonds. The van der Waals surface area contributed by atoms with Crippen molar-refractivity contribution in [3.05, 3.63) is 29.6 Å². The molecule has 0 aliphatic carbocycles. The Hall–Kier alpha value is -1.63. The van der Waals surface area contributed by atoms with E-state index in [1.165, 1.54) is 13.2 Å². The summed E-state index contributed by atoms with van der Waals surface area (Å²) in [6, 6.07) is 3.19. The Bertz CT molecular complexity index is 466. The number of rotatable bonds is 4. The molecule has 0 aliphatic heterocycles. The third kappa shape index (κ3) is 3.69. The van der Waals surface area contributed by atoms with Crippen LogP contribution in [0.2, 0.25) is 0 Å². The lowest BCUT2D eigenvalue weighted by Gasteiger charge is -2.09. The van der Waals surface area contributed by atoms with Crippen LogP contribution >= 0.6 is 15.9 Å². The molecule has 0 aromatic heterocycles. The van der Waals surface area contributed by atoms with Crippen LogP contribution in [0.15, 0.2) is 18.2 Å². The van der Waals surface area contributed by atoms with Gasteiger partial charge in [-0.2, -0.15) is 0 Å². The van der Waals surface area contributed by atoms with Gasteiger partial charge in [0.05, 0.1) is 12.7 Å². The number of hydrogen-bond donors (Lipinski definition) is 2. The molecular formula is C11H11BrFNO4. The molecule has 2 N–H and O–H groups in total. The Kier molecular flexibility index (Phi) is 5.08. The number of nitrogens with one attached hydrogen (secondary N) is 1. The number of hydrogen-bond acceptors (Lipinski definition) is 4. The number of phenols is 1. The van der Waals surface area contributed by atoms with Gasteiger partial charge < -0.3 is 15.2 Å². The maximum atomic E-state index is 13.3. The van der Waals surface area contributed by atoms with E-state index in [1.807, 2.05) is 0 Å². The molecule has 1 rings (SSSR count). The van der Waals surface area contributed by atoms with E-state index in [-0.39, 0.29) is 17.9 Å². The number of esters is 1. The summed E-state index contributed by atoms with van der Waals surface area (Å²) in [4.78, 5) is 21.9. The second-order valence-electron chi connectivity index (χ2n) is 3.36. The van der Waals surface area contributed by atoms with Crippen LogP contribution in [0.1, 0.15) is 10.4 Å². The fourth-order valence-corrected chi connectivity index (χ4v) is 1.53. The molecule has 0 bridgehead atoms. The topological polar surface area (TPSA) is 75.6 Å². The monoisotopic (exact) mass is 319 g/mol. The Labute approximate surface area is 111 Å². The fourth-order valence-electron chi connectivity index (χ4n) is 1.18. The maximum absolute atomic E-state index is 13.3. The van der Waals surface area contributed by atoms with Gasteiger partial charge >= 0.3 is 5.97 Å². The second-order valence-corrected chi connectivity index (χ2v) is 4.47. The number of benzene rings is 1. The molecule has 7 heteroatoms. The van der Waals surface area contributed by atoms with Crippen molar-refractivity contribution in [3.63, 3.8) is 0 Å². The van der Waals surface area contributed by atoms with Crippen molar-refractivity contribution in [3.8, 4) is 5.75 Å². The van der Waals surface area contributed by atoms with Crippen molar-refractivity contribution >= 4 is 27.8 Å². The molecule has 5 nitrogen and oxygen atoms in total. The molecule has 1 aromatic rings. The van der Waals surface area contributed by atoms with Crippen LogP contribution in [0.4, 0.5) is 4.39 Å². The molecule has 0 fully saturated rings. The molecule has 0 radical (unpaired) electrons. The van der Waals surface area contributed by atoms with E-state index < -0.39 is 22.5 Å². The maximum Gasteiger partial charge on any atom is 0.321 e. The van der Waals surface area contributed by atoms with Gasteiger partial charge in [0.15, 0.2) is 0 Å². The van der Waals surface area contributed by atoms with E-state index in [0.29, 0.717) is 0 Å². The lowest BCUT2D eigenvalue weighted by atomic mass is 10.2. The van der Waals surface area contributed by atoms with Crippen molar-refractivity contribution in [2.24, 2.45) is 0 Å². The van der Waals surface area contributed by atoms with E-state index in [4.69, 9.17) is 5.11 Å². The summed E-state index contributed by atoms with van der Waals surface area (Å²) in [6.45, 7) is -0.0359. The summed E-state index contributed by atoms with van der Waals surface area (Å²) < 4.78 is 17.8. The largest absolute Gasteiger partial charge is 0.508 e. The molecule has 0 spiro atoms. The van der Waals surface area contributed by atoms with Crippen LogP contribution in [0.3, 0.4) is 0 Å². The van der Waals surface area contributed by atoms with Crippen LogP contribution < -0.4 is 5.32 Å². The molecule has 0 saturated carbocycles. The number of amides is 1. The van der Waals surface area contributed by atoms with Gasteiger partial charge in [0, 0.05) is 12.6 Å². The van der Waals surface area contributed by atoms with E-state index >= 15 is 0 Å². The van der Waals surface area contributed by atoms with Gasteiger partial charge in [-0.05, 0) is 12.1 Å². The average molecular weight is 320 g/mol. The minimum absolute atomic E-state index is 0.0359. The molecule has 0 aliphatic rings. The lowest BCUT2D eigenvalue weighted by Crippen LogP contribution is -2.34. The Morgan fingerprint density at radius 2 is 2.22 bits per heavy atom. The van der Waals surface area contributed by atoms with E-state index in [2.05, 4.69) is 26.0 Å². The number of alkyl halides is 1. The van der Waals surface area contributed by atoms with Crippen molar-refractivity contribution in [1.29, 1.82) is 0 Å². The molecular weight excluding hydrogens is 309 g/mol. The molecule has 1 atom stereocenters. The van der Waals surface area contributed by atoms with Crippen LogP contribution in [-0.4, -0.2) is 35.5 Å². The predicted molar refractivity (Wildman–Crippen MR) is 65.1 cm³/mol. The van der Waals surface area contributed by atoms with Crippen LogP contribution in [0, 0.1) is 5.82 Å². The molecule has 1 unspecified atom stereocenters. The summed E-state index contributed by atoms with van der Waals surface area (Å²) in [6.07, 6.45) is 0. The van der Waals surface area contributed by atoms with Gasteiger partial charge in [-0.15, -0.1) is 0 Å². The summed E-state index contributed by atoms with van der Waals surface area (Å²) in [5.74, 6) is -2.32. The smallest absolute Gasteiger partial charge is 0.321 e. The van der Waals surface area contributed by atoms with Crippen molar-refractivity contribution < 1.29 is 23.8 Å². The van der Waals surface area contributed by atoms with E-state index in [0.717, 1.165) is 12.1 Å². The van der Waals surface area contributed by atoms with Gasteiger partial charge in [-0.1, -0.05) is 15.9 Å². The van der Waals surface area contributed by atoms with Gasteiger partial charge in [-0.25, -0.2) is 4.39 Å². The van der Waals surface area contributed by atoms with E-state index in [9.17, 15) is 14.0 Å². The van der Waals surface area contributed by atoms with Gasteiger partial charge in [0.2, 0.25) is 0 Å². The van der Waals surface area contributed by atoms with Crippen molar-refractivity contribution in [1.82, 2.24) is 5.32 Å². The first-order valence-electron chi connectivity index (χ1n) is 4.94. The van der Waals surface area contributed by atoms with Gasteiger partial charge in [-0.3, -0.25) is 9.59 Å². The number of phenolic OH excluding ortho intramolecular Hbond substituents is 1. The molecule has 0 heterocycles. The highest BCUT2D eigenvalue weighted by Crippen LogP contribution is 2.14. The highest BCUT2D eigenvalue weighted by Gasteiger charge is 2.18. The zero-order valence-electron chi connectivity index (χ0n) is 9.44. The third-order valence-electron chi connectivity index (χ3n) is 2.10. The van der Waals surface area contributed by atoms with Crippen LogP contribution in [0.25, 0.3) is 0 Å². The quantitative estimate of drug-likeness (QED) is 0.646. The SMILES string of the molecule is COC(=O)C(Br)CNC(=O)c1ccc(O)cc1F. The number of methoxy groups -OCH3 is 1. The van der Waals surface area contributed by atoms with Crippen molar-refractivity contribution in [2.45, 2.75) is 4.83 Å². The molecule has 98 valence electrons. The predicted octanol–water partition coefficient (Wildman–Crippen LogP) is 1.20. The van der Waals surface area contributed by atoms with Gasteiger partial charge in [0.1, 0.15) is 16.4 Å². The first-order valence-corrected chi connectivity index (χ1v) is 5.86. The second kappa shape index (κ2) is 6.34. The zero-order valence-corrected chi connectivity index (χ0v) is 11.0. The minimum Gasteiger partial charge on any atom is -0.508 e. The van der Waals surface area contributed by atoms with Crippen LogP contribution in [-0.2, 0) is 9.53 Å². The molecule has 18 heavy (non-hydrogen) atoms. The van der Waals surface area contributed by atoms with Crippen molar-refractivity contribution in [2.75, 3.05) is 13.7 Å². The fraction of sp³-hybridized carbons (Fsp3) is 0.273. The first kappa shape index (κ1) is 14.4. The summed E-state index contributed by atoms with van der Waals surface area (Å²) >= 11 is 3.01. The Morgan fingerprint density at radius 3 is 2.78 bits per heavy atom. The van der Waals surface area contributed by atoms with Crippen LogP contribution in [0.5, 0.6) is 5.75 Å². The molecule has 1 aromatic carbocycles. The molecule has 0 saturated heterocycles.